The van der Waals surface area contributed by atoms with Gasteiger partial charge in [-0.1, -0.05) is 6.92 Å². The molecule has 2 fully saturated rings. The Balaban J connectivity index is 1.68. The van der Waals surface area contributed by atoms with Crippen LogP contribution in [0.1, 0.15) is 26.7 Å². The van der Waals surface area contributed by atoms with Gasteiger partial charge < -0.3 is 14.2 Å². The van der Waals surface area contributed by atoms with E-state index in [4.69, 9.17) is 14.2 Å². The Morgan fingerprint density at radius 3 is 2.69 bits per heavy atom. The van der Waals surface area contributed by atoms with Crippen molar-refractivity contribution in [1.82, 2.24) is 0 Å². The Morgan fingerprint density at radius 2 is 2.08 bits per heavy atom. The van der Waals surface area contributed by atoms with E-state index in [1.807, 2.05) is 0 Å². The Bertz CT molecular complexity index is 168. The summed E-state index contributed by atoms with van der Waals surface area (Å²) in [6.45, 7) is 5.91. The van der Waals surface area contributed by atoms with Gasteiger partial charge in [0.25, 0.3) is 0 Å². The third-order valence-corrected chi connectivity index (χ3v) is 2.90. The predicted molar refractivity (Wildman–Crippen MR) is 48.4 cm³/mol. The molecular formula is C10H18O3. The second-order valence-corrected chi connectivity index (χ2v) is 4.11. The first-order valence-corrected chi connectivity index (χ1v) is 5.14. The summed E-state index contributed by atoms with van der Waals surface area (Å²) in [4.78, 5) is 0. The lowest BCUT2D eigenvalue weighted by Crippen LogP contribution is -2.33. The molecule has 2 saturated heterocycles. The molecule has 3 heteroatoms. The summed E-state index contributed by atoms with van der Waals surface area (Å²) in [6.07, 6.45) is 2.92. The van der Waals surface area contributed by atoms with Crippen LogP contribution in [0.4, 0.5) is 0 Å². The minimum absolute atomic E-state index is 0.00963. The van der Waals surface area contributed by atoms with E-state index in [1.165, 1.54) is 6.42 Å². The molecular weight excluding hydrogens is 168 g/mol. The molecule has 0 amide bonds. The quantitative estimate of drug-likeness (QED) is 0.627. The molecule has 2 aliphatic rings. The SMILES string of the molecule is CC1CCC(OCC2CO2)OC1C. The van der Waals surface area contributed by atoms with E-state index in [1.54, 1.807) is 0 Å². The van der Waals surface area contributed by atoms with Gasteiger partial charge in [0.2, 0.25) is 0 Å². The molecule has 0 aromatic carbocycles. The van der Waals surface area contributed by atoms with Gasteiger partial charge >= 0.3 is 0 Å². The van der Waals surface area contributed by atoms with Gasteiger partial charge in [0.15, 0.2) is 6.29 Å². The smallest absolute Gasteiger partial charge is 0.158 e. The maximum atomic E-state index is 5.70. The van der Waals surface area contributed by atoms with Crippen LogP contribution in [0, 0.1) is 5.92 Å². The number of ether oxygens (including phenoxy) is 3. The molecule has 2 aliphatic heterocycles. The second kappa shape index (κ2) is 3.95. The van der Waals surface area contributed by atoms with Crippen LogP contribution in [0.3, 0.4) is 0 Å². The van der Waals surface area contributed by atoms with E-state index >= 15 is 0 Å². The lowest BCUT2D eigenvalue weighted by atomic mass is 9.97. The van der Waals surface area contributed by atoms with Crippen molar-refractivity contribution in [3.05, 3.63) is 0 Å². The largest absolute Gasteiger partial charge is 0.371 e. The highest BCUT2D eigenvalue weighted by molar-refractivity contribution is 4.71. The van der Waals surface area contributed by atoms with Crippen LogP contribution in [0.15, 0.2) is 0 Å². The van der Waals surface area contributed by atoms with Gasteiger partial charge in [-0.15, -0.1) is 0 Å². The number of epoxide rings is 1. The van der Waals surface area contributed by atoms with Crippen LogP contribution >= 0.6 is 0 Å². The van der Waals surface area contributed by atoms with Crippen molar-refractivity contribution in [2.75, 3.05) is 13.2 Å². The Labute approximate surface area is 79.4 Å². The van der Waals surface area contributed by atoms with Crippen molar-refractivity contribution in [2.24, 2.45) is 5.92 Å². The van der Waals surface area contributed by atoms with E-state index in [0.29, 0.717) is 24.7 Å². The van der Waals surface area contributed by atoms with Crippen molar-refractivity contribution in [3.63, 3.8) is 0 Å². The van der Waals surface area contributed by atoms with E-state index < -0.39 is 0 Å². The first-order valence-electron chi connectivity index (χ1n) is 5.14. The summed E-state index contributed by atoms with van der Waals surface area (Å²) < 4.78 is 16.3. The van der Waals surface area contributed by atoms with Crippen LogP contribution < -0.4 is 0 Å². The fourth-order valence-corrected chi connectivity index (χ4v) is 1.58. The zero-order valence-corrected chi connectivity index (χ0v) is 8.36. The number of hydrogen-bond donors (Lipinski definition) is 0. The topological polar surface area (TPSA) is 31.0 Å². The molecule has 0 bridgehead atoms. The van der Waals surface area contributed by atoms with Gasteiger partial charge in [-0.3, -0.25) is 0 Å². The Hall–Kier alpha value is -0.120. The first-order chi connectivity index (χ1) is 6.25. The summed E-state index contributed by atoms with van der Waals surface area (Å²) in [5, 5.41) is 0. The summed E-state index contributed by atoms with van der Waals surface area (Å²) in [7, 11) is 0. The molecule has 13 heavy (non-hydrogen) atoms. The van der Waals surface area contributed by atoms with Crippen molar-refractivity contribution < 1.29 is 14.2 Å². The van der Waals surface area contributed by atoms with Gasteiger partial charge in [0.1, 0.15) is 6.10 Å². The van der Waals surface area contributed by atoms with Crippen LogP contribution in [-0.2, 0) is 14.2 Å². The fourth-order valence-electron chi connectivity index (χ4n) is 1.58. The summed E-state index contributed by atoms with van der Waals surface area (Å²) in [6, 6.07) is 0. The fraction of sp³-hybridized carbons (Fsp3) is 1.00. The lowest BCUT2D eigenvalue weighted by molar-refractivity contribution is -0.204. The molecule has 0 spiro atoms. The van der Waals surface area contributed by atoms with E-state index in [2.05, 4.69) is 13.8 Å². The van der Waals surface area contributed by atoms with Crippen molar-refractivity contribution in [3.8, 4) is 0 Å². The van der Waals surface area contributed by atoms with E-state index in [-0.39, 0.29) is 6.29 Å². The summed E-state index contributed by atoms with van der Waals surface area (Å²) in [5.74, 6) is 0.664. The molecule has 0 N–H and O–H groups in total. The lowest BCUT2D eigenvalue weighted by Gasteiger charge is -2.32. The van der Waals surface area contributed by atoms with Crippen LogP contribution in [-0.4, -0.2) is 31.7 Å². The average Bonchev–Trinajstić information content (AvgIpc) is 2.91. The van der Waals surface area contributed by atoms with E-state index in [0.717, 1.165) is 13.0 Å². The van der Waals surface area contributed by atoms with E-state index in [9.17, 15) is 0 Å². The van der Waals surface area contributed by atoms with Gasteiger partial charge in [0, 0.05) is 0 Å². The molecule has 4 unspecified atom stereocenters. The maximum Gasteiger partial charge on any atom is 0.158 e. The van der Waals surface area contributed by atoms with Gasteiger partial charge in [-0.25, -0.2) is 0 Å². The zero-order chi connectivity index (χ0) is 9.26. The zero-order valence-electron chi connectivity index (χ0n) is 8.36. The molecule has 3 nitrogen and oxygen atoms in total. The molecule has 4 atom stereocenters. The van der Waals surface area contributed by atoms with Crippen LogP contribution in [0.5, 0.6) is 0 Å². The van der Waals surface area contributed by atoms with Gasteiger partial charge in [-0.05, 0) is 25.7 Å². The van der Waals surface area contributed by atoms with Crippen molar-refractivity contribution >= 4 is 0 Å². The standard InChI is InChI=1S/C10H18O3/c1-7-3-4-10(13-8(7)2)12-6-9-5-11-9/h7-10H,3-6H2,1-2H3. The highest BCUT2D eigenvalue weighted by Crippen LogP contribution is 2.25. The minimum atomic E-state index is 0.00963. The Morgan fingerprint density at radius 1 is 1.31 bits per heavy atom. The average molecular weight is 186 g/mol. The molecule has 76 valence electrons. The molecule has 0 aromatic heterocycles. The van der Waals surface area contributed by atoms with Crippen LogP contribution in [0.25, 0.3) is 0 Å². The molecule has 2 heterocycles. The first kappa shape index (κ1) is 9.44. The third-order valence-electron chi connectivity index (χ3n) is 2.90. The molecule has 0 saturated carbocycles. The highest BCUT2D eigenvalue weighted by Gasteiger charge is 2.28. The monoisotopic (exact) mass is 186 g/mol. The molecule has 0 aromatic rings. The van der Waals surface area contributed by atoms with Gasteiger partial charge in [-0.2, -0.15) is 0 Å². The number of rotatable bonds is 3. The minimum Gasteiger partial charge on any atom is -0.371 e. The molecule has 2 rings (SSSR count). The normalized spacial score (nSPS) is 44.8. The van der Waals surface area contributed by atoms with Crippen molar-refractivity contribution in [1.29, 1.82) is 0 Å². The maximum absolute atomic E-state index is 5.70. The predicted octanol–water partition coefficient (Wildman–Crippen LogP) is 1.56. The Kier molecular flexibility index (Phi) is 2.86. The third kappa shape index (κ3) is 2.66. The van der Waals surface area contributed by atoms with Crippen LogP contribution in [0.2, 0.25) is 0 Å². The second-order valence-electron chi connectivity index (χ2n) is 4.11. The molecule has 0 aliphatic carbocycles. The molecule has 0 radical (unpaired) electrons. The van der Waals surface area contributed by atoms with Crippen molar-refractivity contribution in [2.45, 2.75) is 45.2 Å². The number of hydrogen-bond acceptors (Lipinski definition) is 3. The van der Waals surface area contributed by atoms with Gasteiger partial charge in [0.05, 0.1) is 19.3 Å². The summed E-state index contributed by atoms with van der Waals surface area (Å²) >= 11 is 0. The highest BCUT2D eigenvalue weighted by atomic mass is 16.7. The summed E-state index contributed by atoms with van der Waals surface area (Å²) in [5.41, 5.74) is 0.